The fraction of sp³-hybridized carbons (Fsp3) is 0.812. The van der Waals surface area contributed by atoms with Crippen LogP contribution in [0.25, 0.3) is 0 Å². The number of hydrogen-bond acceptors (Lipinski definition) is 4. The number of likely N-dealkylation sites (tertiary alicyclic amines) is 1. The van der Waals surface area contributed by atoms with Crippen molar-refractivity contribution in [2.75, 3.05) is 26.7 Å². The number of ether oxygens (including phenoxy) is 1. The average Bonchev–Trinajstić information content (AvgIpc) is 2.49. The van der Waals surface area contributed by atoms with E-state index in [-0.39, 0.29) is 23.7 Å². The Labute approximate surface area is 132 Å². The highest BCUT2D eigenvalue weighted by Crippen LogP contribution is 2.17. The van der Waals surface area contributed by atoms with Gasteiger partial charge in [0.05, 0.1) is 6.61 Å². The lowest BCUT2D eigenvalue weighted by Crippen LogP contribution is -2.42. The van der Waals surface area contributed by atoms with Gasteiger partial charge >= 0.3 is 5.97 Å². The number of amides is 2. The minimum absolute atomic E-state index is 0.00651. The van der Waals surface area contributed by atoms with Crippen LogP contribution in [0.5, 0.6) is 0 Å². The molecule has 1 N–H and O–H groups in total. The van der Waals surface area contributed by atoms with E-state index in [4.69, 9.17) is 4.74 Å². The van der Waals surface area contributed by atoms with Crippen LogP contribution in [0.2, 0.25) is 0 Å². The first-order chi connectivity index (χ1) is 10.5. The third-order valence-electron chi connectivity index (χ3n) is 3.94. The summed E-state index contributed by atoms with van der Waals surface area (Å²) in [5, 5.41) is 2.91. The summed E-state index contributed by atoms with van der Waals surface area (Å²) in [6.45, 7) is 3.53. The Bertz CT molecular complexity index is 384. The standard InChI is InChI=1S/C16H28N2O4/c1-3-22-15(20)8-6-4-5-7-10-17-16(21)13-9-11-18(2)14(19)12-13/h13H,3-12H2,1-2H3,(H,17,21). The van der Waals surface area contributed by atoms with Crippen molar-refractivity contribution in [3.05, 3.63) is 0 Å². The maximum atomic E-state index is 12.0. The molecule has 1 fully saturated rings. The molecule has 1 saturated heterocycles. The van der Waals surface area contributed by atoms with Gasteiger partial charge in [-0.1, -0.05) is 12.8 Å². The smallest absolute Gasteiger partial charge is 0.305 e. The first-order valence-electron chi connectivity index (χ1n) is 8.22. The molecule has 0 aliphatic carbocycles. The largest absolute Gasteiger partial charge is 0.466 e. The first kappa shape index (κ1) is 18.5. The van der Waals surface area contributed by atoms with Gasteiger partial charge in [0.2, 0.25) is 11.8 Å². The number of hydrogen-bond donors (Lipinski definition) is 1. The van der Waals surface area contributed by atoms with E-state index in [0.29, 0.717) is 32.5 Å². The molecule has 2 amide bonds. The second-order valence-corrected chi connectivity index (χ2v) is 5.77. The maximum absolute atomic E-state index is 12.0. The molecule has 1 heterocycles. The molecule has 0 bridgehead atoms. The van der Waals surface area contributed by atoms with Crippen LogP contribution in [0.3, 0.4) is 0 Å². The number of carbonyl (C=O) groups is 3. The zero-order valence-corrected chi connectivity index (χ0v) is 13.7. The van der Waals surface area contributed by atoms with Gasteiger partial charge in [0.1, 0.15) is 0 Å². The monoisotopic (exact) mass is 312 g/mol. The molecule has 0 saturated carbocycles. The maximum Gasteiger partial charge on any atom is 0.305 e. The summed E-state index contributed by atoms with van der Waals surface area (Å²) in [6.07, 6.45) is 5.20. The Hall–Kier alpha value is -1.59. The molecular formula is C16H28N2O4. The predicted octanol–water partition coefficient (Wildman–Crippen LogP) is 1.48. The van der Waals surface area contributed by atoms with Crippen LogP contribution in [0.1, 0.15) is 51.9 Å². The molecule has 1 unspecified atom stereocenters. The molecule has 0 radical (unpaired) electrons. The van der Waals surface area contributed by atoms with Crippen molar-refractivity contribution >= 4 is 17.8 Å². The molecule has 1 aliphatic heterocycles. The number of esters is 1. The molecule has 1 rings (SSSR count). The number of piperidine rings is 1. The highest BCUT2D eigenvalue weighted by atomic mass is 16.5. The SMILES string of the molecule is CCOC(=O)CCCCCCNC(=O)C1CCN(C)C(=O)C1. The molecule has 1 aliphatic rings. The Morgan fingerprint density at radius 1 is 1.27 bits per heavy atom. The van der Waals surface area contributed by atoms with Crippen molar-refractivity contribution in [2.45, 2.75) is 51.9 Å². The summed E-state index contributed by atoms with van der Waals surface area (Å²) in [5.74, 6) is -0.270. The highest BCUT2D eigenvalue weighted by Gasteiger charge is 2.28. The fourth-order valence-electron chi connectivity index (χ4n) is 2.50. The van der Waals surface area contributed by atoms with Crippen LogP contribution in [-0.4, -0.2) is 49.4 Å². The molecule has 6 nitrogen and oxygen atoms in total. The second kappa shape index (κ2) is 10.2. The third kappa shape index (κ3) is 6.91. The van der Waals surface area contributed by atoms with E-state index < -0.39 is 0 Å². The lowest BCUT2D eigenvalue weighted by molar-refractivity contribution is -0.143. The molecule has 1 atom stereocenters. The molecule has 6 heteroatoms. The van der Waals surface area contributed by atoms with E-state index in [1.807, 2.05) is 0 Å². The van der Waals surface area contributed by atoms with Crippen LogP contribution in [0.4, 0.5) is 0 Å². The minimum atomic E-state index is -0.174. The normalized spacial score (nSPS) is 18.2. The summed E-state index contributed by atoms with van der Waals surface area (Å²) >= 11 is 0. The van der Waals surface area contributed by atoms with Crippen molar-refractivity contribution in [3.8, 4) is 0 Å². The van der Waals surface area contributed by atoms with Crippen LogP contribution < -0.4 is 5.32 Å². The van der Waals surface area contributed by atoms with Gasteiger partial charge in [-0.2, -0.15) is 0 Å². The van der Waals surface area contributed by atoms with Gasteiger partial charge in [-0.15, -0.1) is 0 Å². The highest BCUT2D eigenvalue weighted by molar-refractivity contribution is 5.86. The zero-order valence-electron chi connectivity index (χ0n) is 13.7. The molecule has 0 aromatic heterocycles. The van der Waals surface area contributed by atoms with E-state index in [2.05, 4.69) is 5.32 Å². The second-order valence-electron chi connectivity index (χ2n) is 5.77. The van der Waals surface area contributed by atoms with Gasteiger partial charge in [-0.05, 0) is 26.2 Å². The van der Waals surface area contributed by atoms with Crippen LogP contribution in [0, 0.1) is 5.92 Å². The summed E-state index contributed by atoms with van der Waals surface area (Å²) in [5.41, 5.74) is 0. The van der Waals surface area contributed by atoms with E-state index in [0.717, 1.165) is 32.1 Å². The first-order valence-corrected chi connectivity index (χ1v) is 8.22. The van der Waals surface area contributed by atoms with Gasteiger partial charge in [-0.25, -0.2) is 0 Å². The average molecular weight is 312 g/mol. The summed E-state index contributed by atoms with van der Waals surface area (Å²) in [7, 11) is 1.77. The van der Waals surface area contributed by atoms with Crippen molar-refractivity contribution < 1.29 is 19.1 Å². The van der Waals surface area contributed by atoms with Gasteiger partial charge in [0.25, 0.3) is 0 Å². The van der Waals surface area contributed by atoms with Gasteiger partial charge < -0.3 is 15.0 Å². The van der Waals surface area contributed by atoms with E-state index in [9.17, 15) is 14.4 Å². The number of rotatable bonds is 9. The van der Waals surface area contributed by atoms with Gasteiger partial charge in [0, 0.05) is 38.9 Å². The van der Waals surface area contributed by atoms with E-state index in [1.54, 1.807) is 18.9 Å². The Kier molecular flexibility index (Phi) is 8.55. The molecule has 0 aromatic carbocycles. The predicted molar refractivity (Wildman–Crippen MR) is 83.1 cm³/mol. The number of unbranched alkanes of at least 4 members (excludes halogenated alkanes) is 3. The molecule has 0 aromatic rings. The molecule has 22 heavy (non-hydrogen) atoms. The lowest BCUT2D eigenvalue weighted by atomic mass is 9.95. The number of nitrogens with one attached hydrogen (secondary N) is 1. The van der Waals surface area contributed by atoms with E-state index in [1.165, 1.54) is 0 Å². The van der Waals surface area contributed by atoms with Crippen molar-refractivity contribution in [3.63, 3.8) is 0 Å². The summed E-state index contributed by atoms with van der Waals surface area (Å²) in [6, 6.07) is 0. The van der Waals surface area contributed by atoms with Crippen LogP contribution in [-0.2, 0) is 19.1 Å². The van der Waals surface area contributed by atoms with Crippen molar-refractivity contribution in [1.82, 2.24) is 10.2 Å². The summed E-state index contributed by atoms with van der Waals surface area (Å²) < 4.78 is 4.86. The fourth-order valence-corrected chi connectivity index (χ4v) is 2.50. The van der Waals surface area contributed by atoms with Crippen LogP contribution >= 0.6 is 0 Å². The quantitative estimate of drug-likeness (QED) is 0.517. The topological polar surface area (TPSA) is 75.7 Å². The van der Waals surface area contributed by atoms with Gasteiger partial charge in [0.15, 0.2) is 0 Å². The Morgan fingerprint density at radius 2 is 2.00 bits per heavy atom. The minimum Gasteiger partial charge on any atom is -0.466 e. The lowest BCUT2D eigenvalue weighted by Gasteiger charge is -2.27. The van der Waals surface area contributed by atoms with E-state index >= 15 is 0 Å². The molecule has 126 valence electrons. The Balaban J connectivity index is 2.01. The van der Waals surface area contributed by atoms with Gasteiger partial charge in [-0.3, -0.25) is 14.4 Å². The number of nitrogens with zero attached hydrogens (tertiary/aromatic N) is 1. The van der Waals surface area contributed by atoms with Crippen molar-refractivity contribution in [2.24, 2.45) is 5.92 Å². The molecule has 0 spiro atoms. The van der Waals surface area contributed by atoms with Crippen LogP contribution in [0.15, 0.2) is 0 Å². The third-order valence-corrected chi connectivity index (χ3v) is 3.94. The summed E-state index contributed by atoms with van der Waals surface area (Å²) in [4.78, 5) is 36.3. The molecular weight excluding hydrogens is 284 g/mol. The Morgan fingerprint density at radius 3 is 2.68 bits per heavy atom. The zero-order chi connectivity index (χ0) is 16.4. The number of carbonyl (C=O) groups excluding carboxylic acids is 3. The van der Waals surface area contributed by atoms with Crippen molar-refractivity contribution in [1.29, 1.82) is 0 Å².